The molecular formula is C21H35N5O. The van der Waals surface area contributed by atoms with Crippen molar-refractivity contribution in [3.8, 4) is 0 Å². The first kappa shape index (κ1) is 21.1. The van der Waals surface area contributed by atoms with E-state index in [1.54, 1.807) is 0 Å². The van der Waals surface area contributed by atoms with Crippen LogP contribution in [0.1, 0.15) is 38.3 Å². The van der Waals surface area contributed by atoms with Gasteiger partial charge in [-0.05, 0) is 37.5 Å². The minimum absolute atomic E-state index is 0.0525. The molecule has 1 unspecified atom stereocenters. The number of carbonyl (C=O) groups excluding carboxylic acids is 1. The number of anilines is 1. The zero-order valence-corrected chi connectivity index (χ0v) is 17.7. The van der Waals surface area contributed by atoms with Gasteiger partial charge in [0.2, 0.25) is 5.91 Å². The van der Waals surface area contributed by atoms with Crippen LogP contribution >= 0.6 is 0 Å². The predicted octanol–water partition coefficient (Wildman–Crippen LogP) is 2.37. The zero-order chi connectivity index (χ0) is 20.0. The molecule has 150 valence electrons. The molecule has 2 N–H and O–H groups in total. The first-order chi connectivity index (χ1) is 12.8. The van der Waals surface area contributed by atoms with Crippen LogP contribution in [0.4, 0.5) is 5.69 Å². The second-order valence-electron chi connectivity index (χ2n) is 7.79. The fourth-order valence-electron chi connectivity index (χ4n) is 3.34. The Hall–Kier alpha value is -2.24. The Balaban J connectivity index is 2.04. The van der Waals surface area contributed by atoms with Crippen molar-refractivity contribution in [2.24, 2.45) is 10.9 Å². The average Bonchev–Trinajstić information content (AvgIpc) is 3.08. The Morgan fingerprint density at radius 3 is 2.74 bits per heavy atom. The summed E-state index contributed by atoms with van der Waals surface area (Å²) in [5.74, 6) is 1.10. The van der Waals surface area contributed by atoms with Gasteiger partial charge in [0.15, 0.2) is 5.96 Å². The number of aryl methyl sites for hydroxylation is 1. The van der Waals surface area contributed by atoms with Gasteiger partial charge in [0.05, 0.1) is 6.54 Å². The van der Waals surface area contributed by atoms with Gasteiger partial charge in [0, 0.05) is 51.4 Å². The molecule has 27 heavy (non-hydrogen) atoms. The molecule has 0 bridgehead atoms. The Labute approximate surface area is 164 Å². The highest BCUT2D eigenvalue weighted by Gasteiger charge is 2.27. The van der Waals surface area contributed by atoms with E-state index < -0.39 is 0 Å². The molecule has 0 aromatic heterocycles. The van der Waals surface area contributed by atoms with E-state index in [0.717, 1.165) is 32.0 Å². The molecule has 1 heterocycles. The molecule has 1 amide bonds. The number of rotatable bonds is 6. The Morgan fingerprint density at radius 1 is 1.37 bits per heavy atom. The van der Waals surface area contributed by atoms with Crippen molar-refractivity contribution in [1.29, 1.82) is 0 Å². The molecule has 0 spiro atoms. The second-order valence-corrected chi connectivity index (χ2v) is 7.79. The molecule has 0 aliphatic carbocycles. The first-order valence-corrected chi connectivity index (χ1v) is 9.92. The molecule has 1 fully saturated rings. The molecule has 1 aliphatic heterocycles. The van der Waals surface area contributed by atoms with E-state index in [0.29, 0.717) is 6.54 Å². The molecular weight excluding hydrogens is 338 g/mol. The first-order valence-electron chi connectivity index (χ1n) is 9.92. The standard InChI is InChI=1S/C21H35N5O/c1-7-22-21(24-18-10-11-26(14-18)20(27)15(2)3)23-13-17-9-8-16(4)12-19(17)25(5)6/h8-9,12,15,18H,7,10-11,13-14H2,1-6H3,(H2,22,23,24). The number of carbonyl (C=O) groups is 1. The number of nitrogens with zero attached hydrogens (tertiary/aromatic N) is 3. The molecule has 2 rings (SSSR count). The minimum atomic E-state index is 0.0525. The molecule has 1 saturated heterocycles. The number of benzene rings is 1. The van der Waals surface area contributed by atoms with Crippen molar-refractivity contribution in [1.82, 2.24) is 15.5 Å². The summed E-state index contributed by atoms with van der Waals surface area (Å²) < 4.78 is 0. The van der Waals surface area contributed by atoms with E-state index in [9.17, 15) is 4.79 Å². The van der Waals surface area contributed by atoms with E-state index >= 15 is 0 Å². The number of hydrogen-bond donors (Lipinski definition) is 2. The predicted molar refractivity (Wildman–Crippen MR) is 113 cm³/mol. The summed E-state index contributed by atoms with van der Waals surface area (Å²) in [6, 6.07) is 6.72. The lowest BCUT2D eigenvalue weighted by Gasteiger charge is -2.21. The molecule has 1 aromatic rings. The van der Waals surface area contributed by atoms with E-state index in [1.165, 1.54) is 16.8 Å². The van der Waals surface area contributed by atoms with E-state index in [1.807, 2.05) is 18.7 Å². The van der Waals surface area contributed by atoms with Crippen LogP contribution in [0.5, 0.6) is 0 Å². The van der Waals surface area contributed by atoms with Crippen LogP contribution in [0.3, 0.4) is 0 Å². The van der Waals surface area contributed by atoms with Gasteiger partial charge >= 0.3 is 0 Å². The maximum atomic E-state index is 12.2. The van der Waals surface area contributed by atoms with Crippen LogP contribution in [-0.2, 0) is 11.3 Å². The quantitative estimate of drug-likeness (QED) is 0.594. The van der Waals surface area contributed by atoms with Gasteiger partial charge in [-0.15, -0.1) is 0 Å². The lowest BCUT2D eigenvalue weighted by Crippen LogP contribution is -2.45. The lowest BCUT2D eigenvalue weighted by molar-refractivity contribution is -0.133. The fraction of sp³-hybridized carbons (Fsp3) is 0.619. The second kappa shape index (κ2) is 9.62. The highest BCUT2D eigenvalue weighted by atomic mass is 16.2. The lowest BCUT2D eigenvalue weighted by atomic mass is 10.1. The van der Waals surface area contributed by atoms with Crippen molar-refractivity contribution < 1.29 is 4.79 Å². The number of likely N-dealkylation sites (tertiary alicyclic amines) is 1. The zero-order valence-electron chi connectivity index (χ0n) is 17.7. The van der Waals surface area contributed by atoms with Crippen molar-refractivity contribution in [2.45, 2.75) is 46.7 Å². The van der Waals surface area contributed by atoms with Gasteiger partial charge in [-0.25, -0.2) is 4.99 Å². The Bertz CT molecular complexity index is 669. The number of amides is 1. The summed E-state index contributed by atoms with van der Waals surface area (Å²) in [5.41, 5.74) is 3.65. The maximum Gasteiger partial charge on any atom is 0.225 e. The van der Waals surface area contributed by atoms with Crippen molar-refractivity contribution in [3.63, 3.8) is 0 Å². The van der Waals surface area contributed by atoms with Gasteiger partial charge in [0.25, 0.3) is 0 Å². The number of nitrogens with one attached hydrogen (secondary N) is 2. The third-order valence-electron chi connectivity index (χ3n) is 4.81. The van der Waals surface area contributed by atoms with Gasteiger partial charge in [-0.2, -0.15) is 0 Å². The van der Waals surface area contributed by atoms with E-state index in [-0.39, 0.29) is 17.9 Å². The van der Waals surface area contributed by atoms with Gasteiger partial charge < -0.3 is 20.4 Å². The molecule has 0 radical (unpaired) electrons. The van der Waals surface area contributed by atoms with Crippen LogP contribution in [0.15, 0.2) is 23.2 Å². The topological polar surface area (TPSA) is 60.0 Å². The van der Waals surface area contributed by atoms with Crippen LogP contribution in [0.25, 0.3) is 0 Å². The smallest absolute Gasteiger partial charge is 0.225 e. The van der Waals surface area contributed by atoms with Gasteiger partial charge in [-0.1, -0.05) is 26.0 Å². The number of aliphatic imine (C=N–C) groups is 1. The normalized spacial score (nSPS) is 17.4. The Kier molecular flexibility index (Phi) is 7.51. The van der Waals surface area contributed by atoms with Crippen molar-refractivity contribution in [2.75, 3.05) is 38.6 Å². The maximum absolute atomic E-state index is 12.2. The molecule has 6 heteroatoms. The van der Waals surface area contributed by atoms with E-state index in [2.05, 4.69) is 61.7 Å². The molecule has 0 saturated carbocycles. The van der Waals surface area contributed by atoms with Crippen molar-refractivity contribution in [3.05, 3.63) is 29.3 Å². The Morgan fingerprint density at radius 2 is 2.11 bits per heavy atom. The molecule has 1 aromatic carbocycles. The minimum Gasteiger partial charge on any atom is -0.377 e. The van der Waals surface area contributed by atoms with Crippen LogP contribution in [-0.4, -0.2) is 56.5 Å². The third kappa shape index (κ3) is 5.88. The van der Waals surface area contributed by atoms with Crippen LogP contribution in [0, 0.1) is 12.8 Å². The van der Waals surface area contributed by atoms with Gasteiger partial charge in [0.1, 0.15) is 0 Å². The molecule has 1 aliphatic rings. The largest absolute Gasteiger partial charge is 0.377 e. The fourth-order valence-corrected chi connectivity index (χ4v) is 3.34. The monoisotopic (exact) mass is 373 g/mol. The van der Waals surface area contributed by atoms with E-state index in [4.69, 9.17) is 4.99 Å². The number of hydrogen-bond acceptors (Lipinski definition) is 3. The highest BCUT2D eigenvalue weighted by molar-refractivity contribution is 5.81. The summed E-state index contributed by atoms with van der Waals surface area (Å²) in [5, 5.41) is 6.83. The number of guanidine groups is 1. The summed E-state index contributed by atoms with van der Waals surface area (Å²) in [6.45, 7) is 11.1. The van der Waals surface area contributed by atoms with Crippen LogP contribution in [0.2, 0.25) is 0 Å². The highest BCUT2D eigenvalue weighted by Crippen LogP contribution is 2.21. The molecule has 6 nitrogen and oxygen atoms in total. The van der Waals surface area contributed by atoms with Crippen molar-refractivity contribution >= 4 is 17.6 Å². The van der Waals surface area contributed by atoms with Gasteiger partial charge in [-0.3, -0.25) is 4.79 Å². The summed E-state index contributed by atoms with van der Waals surface area (Å²) in [4.78, 5) is 21.1. The summed E-state index contributed by atoms with van der Waals surface area (Å²) in [6.07, 6.45) is 0.955. The SMILES string of the molecule is CCNC(=NCc1ccc(C)cc1N(C)C)NC1CCN(C(=O)C(C)C)C1. The average molecular weight is 374 g/mol. The summed E-state index contributed by atoms with van der Waals surface area (Å²) >= 11 is 0. The molecule has 1 atom stereocenters. The third-order valence-corrected chi connectivity index (χ3v) is 4.81. The van der Waals surface area contributed by atoms with Crippen LogP contribution < -0.4 is 15.5 Å². The summed E-state index contributed by atoms with van der Waals surface area (Å²) in [7, 11) is 4.12.